The van der Waals surface area contributed by atoms with Gasteiger partial charge in [0.15, 0.2) is 5.54 Å². The Labute approximate surface area is 290 Å². The van der Waals surface area contributed by atoms with Crippen LogP contribution in [0.15, 0.2) is 42.5 Å². The molecule has 0 bridgehead atoms. The van der Waals surface area contributed by atoms with Gasteiger partial charge in [0, 0.05) is 60.0 Å². The smallest absolute Gasteiger partial charge is 0.212 e. The molecule has 5 aliphatic rings. The summed E-state index contributed by atoms with van der Waals surface area (Å²) < 4.78 is 2.75. The van der Waals surface area contributed by atoms with Gasteiger partial charge >= 0.3 is 0 Å². The molecule has 1 aliphatic carbocycles. The third kappa shape index (κ3) is 4.01. The van der Waals surface area contributed by atoms with Crippen LogP contribution in [0.2, 0.25) is 0 Å². The first kappa shape index (κ1) is 31.9. The summed E-state index contributed by atoms with van der Waals surface area (Å²) in [6.45, 7) is 36.4. The first-order valence-electron chi connectivity index (χ1n) is 18.5. The molecule has 250 valence electrons. The maximum atomic E-state index is 2.75. The number of fused-ring (bicyclic) bond motifs is 4. The van der Waals surface area contributed by atoms with Crippen LogP contribution in [0.4, 0.5) is 5.69 Å². The standard InChI is InChI=1S/C46H57N2/c1-26-15-16-27(2)30(21-26)35-33-22-31-28(3)24-44(9,10)47-19-17-42(5,6)38(40(31)47)36(33)46(13,14)37-34(35)23-32-29(4)25-45(11,12)48-20-18-43(7,8)39(37)41(32)48/h15-16,21-25H,17-20H2,1-14H3/q+1. The predicted molar refractivity (Wildman–Crippen MR) is 206 cm³/mol. The second kappa shape index (κ2) is 9.43. The van der Waals surface area contributed by atoms with Crippen molar-refractivity contribution in [2.45, 2.75) is 137 Å². The maximum Gasteiger partial charge on any atom is 0.212 e. The van der Waals surface area contributed by atoms with Crippen LogP contribution in [0.3, 0.4) is 0 Å². The van der Waals surface area contributed by atoms with Crippen molar-refractivity contribution < 1.29 is 0 Å². The molecule has 8 rings (SSSR count). The van der Waals surface area contributed by atoms with Gasteiger partial charge in [-0.2, -0.15) is 0 Å². The highest BCUT2D eigenvalue weighted by Gasteiger charge is 2.51. The fraction of sp³-hybridized carbons (Fsp3) is 0.500. The van der Waals surface area contributed by atoms with Crippen LogP contribution in [0.1, 0.15) is 152 Å². The maximum absolute atomic E-state index is 2.75. The molecule has 48 heavy (non-hydrogen) atoms. The lowest BCUT2D eigenvalue weighted by atomic mass is 9.58. The number of aryl methyl sites for hydroxylation is 2. The molecule has 3 aromatic rings. The molecule has 4 aliphatic heterocycles. The fourth-order valence-corrected chi connectivity index (χ4v) is 10.9. The molecule has 2 nitrogen and oxygen atoms in total. The van der Waals surface area contributed by atoms with Crippen LogP contribution in [-0.2, 0) is 16.2 Å². The average Bonchev–Trinajstić information content (AvgIpc) is 2.96. The van der Waals surface area contributed by atoms with E-state index in [1.807, 2.05) is 0 Å². The van der Waals surface area contributed by atoms with Crippen molar-refractivity contribution in [2.75, 3.05) is 18.0 Å². The van der Waals surface area contributed by atoms with Crippen molar-refractivity contribution in [1.82, 2.24) is 4.58 Å². The Bertz CT molecular complexity index is 2190. The summed E-state index contributed by atoms with van der Waals surface area (Å²) in [6, 6.07) is 12.4. The second-order valence-corrected chi connectivity index (χ2v) is 19.0. The highest BCUT2D eigenvalue weighted by atomic mass is 15.2. The number of rotatable bonds is 1. The Hall–Kier alpha value is -3.39. The second-order valence-electron chi connectivity index (χ2n) is 19.0. The van der Waals surface area contributed by atoms with Gasteiger partial charge in [-0.3, -0.25) is 0 Å². The van der Waals surface area contributed by atoms with E-state index in [1.54, 1.807) is 22.3 Å². The van der Waals surface area contributed by atoms with Crippen molar-refractivity contribution in [1.29, 1.82) is 0 Å². The Balaban J connectivity index is 1.69. The van der Waals surface area contributed by atoms with Crippen LogP contribution in [0, 0.1) is 13.8 Å². The molecule has 0 saturated carbocycles. The summed E-state index contributed by atoms with van der Waals surface area (Å²) in [7, 11) is 0. The SMILES string of the molecule is CC1=CC(C)(C)N2CCC(C)(C)c3c2c1cc1c3C(C)(C)c2c3c4c(cc2=C1c1cc(C)ccc1C)C(C)=CC(C)(C)[N+]=4CCC3(C)C. The molecule has 0 saturated heterocycles. The molecule has 0 aromatic heterocycles. The number of hydrogen-bond acceptors (Lipinski definition) is 1. The Kier molecular flexibility index (Phi) is 6.26. The molecule has 0 atom stereocenters. The molecule has 0 amide bonds. The van der Waals surface area contributed by atoms with E-state index in [-0.39, 0.29) is 27.3 Å². The number of nitrogens with zero attached hydrogens (tertiary/aromatic N) is 2. The molecular weight excluding hydrogens is 581 g/mol. The molecule has 3 aromatic carbocycles. The summed E-state index contributed by atoms with van der Waals surface area (Å²) in [5.74, 6) is 0. The molecule has 0 N–H and O–H groups in total. The van der Waals surface area contributed by atoms with Gasteiger partial charge in [-0.1, -0.05) is 71.4 Å². The van der Waals surface area contributed by atoms with E-state index in [1.165, 1.54) is 66.4 Å². The molecule has 0 spiro atoms. The van der Waals surface area contributed by atoms with Crippen LogP contribution in [0.25, 0.3) is 16.7 Å². The first-order chi connectivity index (χ1) is 22.2. The van der Waals surface area contributed by atoms with Crippen molar-refractivity contribution in [3.05, 3.63) is 109 Å². The molecule has 4 heterocycles. The van der Waals surface area contributed by atoms with E-state index in [0.29, 0.717) is 0 Å². The minimum atomic E-state index is -0.195. The number of allylic oxidation sites excluding steroid dienone is 2. The minimum Gasteiger partial charge on any atom is -0.362 e. The van der Waals surface area contributed by atoms with E-state index < -0.39 is 0 Å². The molecular formula is C46H57N2+. The van der Waals surface area contributed by atoms with Gasteiger partial charge in [0.1, 0.15) is 6.54 Å². The predicted octanol–water partition coefficient (Wildman–Crippen LogP) is 9.24. The molecule has 0 radical (unpaired) electrons. The van der Waals surface area contributed by atoms with Crippen molar-refractivity contribution >= 4 is 22.4 Å². The minimum absolute atomic E-state index is 0.0179. The Morgan fingerprint density at radius 2 is 1.29 bits per heavy atom. The van der Waals surface area contributed by atoms with E-state index in [4.69, 9.17) is 0 Å². The highest BCUT2D eigenvalue weighted by molar-refractivity contribution is 5.95. The number of anilines is 1. The van der Waals surface area contributed by atoms with E-state index in [9.17, 15) is 0 Å². The van der Waals surface area contributed by atoms with Crippen LogP contribution >= 0.6 is 0 Å². The van der Waals surface area contributed by atoms with Crippen LogP contribution in [-0.4, -0.2) is 24.2 Å². The van der Waals surface area contributed by atoms with Crippen LogP contribution in [0.5, 0.6) is 0 Å². The zero-order valence-electron chi connectivity index (χ0n) is 32.3. The first-order valence-corrected chi connectivity index (χ1v) is 18.5. The quantitative estimate of drug-likeness (QED) is 0.241. The highest BCUT2D eigenvalue weighted by Crippen LogP contribution is 2.57. The van der Waals surface area contributed by atoms with Gasteiger partial charge in [0.25, 0.3) is 0 Å². The number of hydrogen-bond donors (Lipinski definition) is 0. The normalized spacial score (nSPS) is 23.0. The Morgan fingerprint density at radius 1 is 0.625 bits per heavy atom. The zero-order chi connectivity index (χ0) is 34.7. The van der Waals surface area contributed by atoms with Gasteiger partial charge in [-0.15, -0.1) is 0 Å². The van der Waals surface area contributed by atoms with Gasteiger partial charge < -0.3 is 4.90 Å². The van der Waals surface area contributed by atoms with E-state index in [2.05, 4.69) is 149 Å². The van der Waals surface area contributed by atoms with Gasteiger partial charge in [0.2, 0.25) is 5.36 Å². The summed E-state index contributed by atoms with van der Waals surface area (Å²) in [4.78, 5) is 2.75. The lowest BCUT2D eigenvalue weighted by Gasteiger charge is -2.53. The zero-order valence-corrected chi connectivity index (χ0v) is 32.3. The van der Waals surface area contributed by atoms with Crippen LogP contribution < -0.4 is 20.1 Å². The van der Waals surface area contributed by atoms with E-state index >= 15 is 0 Å². The topological polar surface area (TPSA) is 6.25 Å². The number of benzene rings is 3. The molecule has 2 heteroatoms. The monoisotopic (exact) mass is 637 g/mol. The van der Waals surface area contributed by atoms with Gasteiger partial charge in [0.05, 0.1) is 5.54 Å². The summed E-state index contributed by atoms with van der Waals surface area (Å²) in [5, 5.41) is 2.95. The summed E-state index contributed by atoms with van der Waals surface area (Å²) >= 11 is 0. The Morgan fingerprint density at radius 3 is 2.00 bits per heavy atom. The van der Waals surface area contributed by atoms with Gasteiger partial charge in [-0.25, -0.2) is 4.58 Å². The lowest BCUT2D eigenvalue weighted by molar-refractivity contribution is 0.311. The molecule has 0 unspecified atom stereocenters. The van der Waals surface area contributed by atoms with Gasteiger partial charge in [-0.05, 0) is 127 Å². The summed E-state index contributed by atoms with van der Waals surface area (Å²) in [5.41, 5.74) is 20.3. The molecule has 0 fully saturated rings. The fourth-order valence-electron chi connectivity index (χ4n) is 10.9. The van der Waals surface area contributed by atoms with Crippen molar-refractivity contribution in [3.8, 4) is 0 Å². The third-order valence-corrected chi connectivity index (χ3v) is 13.2. The lowest BCUT2D eigenvalue weighted by Crippen LogP contribution is -2.58. The third-order valence-electron chi connectivity index (χ3n) is 13.2. The van der Waals surface area contributed by atoms with E-state index in [0.717, 1.165) is 25.9 Å². The summed E-state index contributed by atoms with van der Waals surface area (Å²) in [6.07, 6.45) is 7.36. The van der Waals surface area contributed by atoms with Crippen molar-refractivity contribution in [3.63, 3.8) is 0 Å². The largest absolute Gasteiger partial charge is 0.362 e. The van der Waals surface area contributed by atoms with Crippen molar-refractivity contribution in [2.24, 2.45) is 0 Å². The average molecular weight is 638 g/mol.